The van der Waals surface area contributed by atoms with Crippen molar-refractivity contribution in [3.8, 4) is 0 Å². The molecule has 0 amide bonds. The quantitative estimate of drug-likeness (QED) is 0.309. The Morgan fingerprint density at radius 1 is 0.667 bits per heavy atom. The van der Waals surface area contributed by atoms with Crippen LogP contribution in [0.15, 0.2) is 20.0 Å². The van der Waals surface area contributed by atoms with Crippen molar-refractivity contribution in [1.29, 1.82) is 0 Å². The minimum absolute atomic E-state index is 0.00171. The topological polar surface area (TPSA) is 118 Å². The summed E-state index contributed by atoms with van der Waals surface area (Å²) >= 11 is 0. The predicted molar refractivity (Wildman–Crippen MR) is 116 cm³/mol. The molecule has 0 fully saturated rings. The lowest BCUT2D eigenvalue weighted by molar-refractivity contribution is 0.264. The Labute approximate surface area is 180 Å². The molecule has 0 aliphatic rings. The molecule has 0 aromatic rings. The highest BCUT2D eigenvalue weighted by Gasteiger charge is 2.21. The van der Waals surface area contributed by atoms with Crippen LogP contribution in [0, 0.1) is 22.7 Å². The van der Waals surface area contributed by atoms with E-state index in [1.807, 2.05) is 6.92 Å². The third-order valence-electron chi connectivity index (χ3n) is 4.60. The van der Waals surface area contributed by atoms with Gasteiger partial charge in [-0.05, 0) is 48.3 Å². The first-order valence-electron chi connectivity index (χ1n) is 10.2. The van der Waals surface area contributed by atoms with Crippen LogP contribution in [0.3, 0.4) is 0 Å². The molecular weight excluding hydrogens is 384 g/mol. The molecule has 0 aromatic carbocycles. The van der Waals surface area contributed by atoms with Gasteiger partial charge in [0.1, 0.15) is 0 Å². The molecule has 0 rings (SSSR count). The highest BCUT2D eigenvalue weighted by atomic mass is 16.1. The number of aliphatic imine (C=N–C) groups is 4. The van der Waals surface area contributed by atoms with Crippen molar-refractivity contribution >= 4 is 24.3 Å². The maximum Gasteiger partial charge on any atom is 0.234 e. The largest absolute Gasteiger partial charge is 0.234 e. The van der Waals surface area contributed by atoms with Gasteiger partial charge in [-0.25, -0.2) is 39.1 Å². The lowest BCUT2D eigenvalue weighted by Gasteiger charge is -2.26. The summed E-state index contributed by atoms with van der Waals surface area (Å²) in [5, 5.41) is 0. The third-order valence-corrected chi connectivity index (χ3v) is 4.60. The van der Waals surface area contributed by atoms with E-state index >= 15 is 0 Å². The lowest BCUT2D eigenvalue weighted by Crippen LogP contribution is -2.19. The molecule has 8 nitrogen and oxygen atoms in total. The van der Waals surface area contributed by atoms with Crippen molar-refractivity contribution in [2.75, 3.05) is 26.2 Å². The van der Waals surface area contributed by atoms with Gasteiger partial charge in [-0.3, -0.25) is 0 Å². The minimum Gasteiger partial charge on any atom is -0.211 e. The second-order valence-electron chi connectivity index (χ2n) is 9.27. The zero-order valence-electron chi connectivity index (χ0n) is 19.2. The maximum absolute atomic E-state index is 10.00. The Kier molecular flexibility index (Phi) is 17.2. The number of hydrogen-bond donors (Lipinski definition) is 0. The van der Waals surface area contributed by atoms with Gasteiger partial charge in [0.2, 0.25) is 24.3 Å². The Balaban J connectivity index is 0. The molecule has 0 radical (unpaired) electrons. The van der Waals surface area contributed by atoms with Gasteiger partial charge in [-0.2, -0.15) is 0 Å². The van der Waals surface area contributed by atoms with Gasteiger partial charge in [-0.15, -0.1) is 0 Å². The summed E-state index contributed by atoms with van der Waals surface area (Å²) in [5.74, 6) is 0.806. The van der Waals surface area contributed by atoms with Crippen LogP contribution in [0.25, 0.3) is 0 Å². The molecule has 30 heavy (non-hydrogen) atoms. The van der Waals surface area contributed by atoms with Crippen LogP contribution in [-0.4, -0.2) is 50.5 Å². The van der Waals surface area contributed by atoms with E-state index < -0.39 is 0 Å². The molecule has 0 aliphatic heterocycles. The zero-order chi connectivity index (χ0) is 23.5. The van der Waals surface area contributed by atoms with Gasteiger partial charge < -0.3 is 0 Å². The van der Waals surface area contributed by atoms with E-state index in [1.165, 1.54) is 12.2 Å². The molecule has 0 spiro atoms. The van der Waals surface area contributed by atoms with Crippen LogP contribution >= 0.6 is 0 Å². The summed E-state index contributed by atoms with van der Waals surface area (Å²) in [6, 6.07) is 0. The van der Waals surface area contributed by atoms with E-state index in [0.717, 1.165) is 25.7 Å². The van der Waals surface area contributed by atoms with Crippen molar-refractivity contribution in [3.63, 3.8) is 0 Å². The van der Waals surface area contributed by atoms with Crippen LogP contribution in [-0.2, 0) is 19.2 Å². The van der Waals surface area contributed by atoms with Crippen LogP contribution in [0.4, 0.5) is 0 Å². The molecule has 0 aromatic heterocycles. The SMILES string of the molecule is CC(CCN=C=O)CC(C)(C)CN=C=O.CC(CN=C=O)CC(C)(C)CCN=C=O. The molecule has 2 unspecified atom stereocenters. The van der Waals surface area contributed by atoms with E-state index in [1.54, 1.807) is 12.2 Å². The highest BCUT2D eigenvalue weighted by molar-refractivity contribution is 5.33. The van der Waals surface area contributed by atoms with Gasteiger partial charge in [0.15, 0.2) is 0 Å². The van der Waals surface area contributed by atoms with Crippen molar-refractivity contribution in [3.05, 3.63) is 0 Å². The number of hydrogen-bond acceptors (Lipinski definition) is 8. The first-order chi connectivity index (χ1) is 14.0. The molecule has 0 saturated carbocycles. The van der Waals surface area contributed by atoms with Crippen LogP contribution in [0.1, 0.15) is 67.2 Å². The van der Waals surface area contributed by atoms with Crippen molar-refractivity contribution in [2.24, 2.45) is 42.6 Å². The average Bonchev–Trinajstić information content (AvgIpc) is 2.65. The second-order valence-corrected chi connectivity index (χ2v) is 9.27. The first-order valence-corrected chi connectivity index (χ1v) is 10.2. The van der Waals surface area contributed by atoms with E-state index in [2.05, 4.69) is 54.6 Å². The normalized spacial score (nSPS) is 12.5. The molecule has 0 aliphatic carbocycles. The molecule has 0 saturated heterocycles. The number of isocyanates is 4. The highest BCUT2D eigenvalue weighted by Crippen LogP contribution is 2.29. The molecule has 168 valence electrons. The second kappa shape index (κ2) is 17.4. The first kappa shape index (κ1) is 29.7. The fourth-order valence-electron chi connectivity index (χ4n) is 3.39. The fourth-order valence-corrected chi connectivity index (χ4v) is 3.39. The van der Waals surface area contributed by atoms with Crippen molar-refractivity contribution < 1.29 is 19.2 Å². The Hall–Kier alpha value is -2.48. The van der Waals surface area contributed by atoms with Gasteiger partial charge >= 0.3 is 0 Å². The van der Waals surface area contributed by atoms with Crippen LogP contribution < -0.4 is 0 Å². The standard InChI is InChI=1S/2C11H18N2O2/c1-10(7-13-9-15)6-11(2,3)4-5-12-8-14;1-10(4-5-12-8-14)6-11(2,3)7-13-9-15/h2*10H,4-7H2,1-3H3. The summed E-state index contributed by atoms with van der Waals surface area (Å²) in [4.78, 5) is 53.9. The number of rotatable bonds is 14. The third kappa shape index (κ3) is 20.3. The molecule has 2 atom stereocenters. The monoisotopic (exact) mass is 420 g/mol. The summed E-state index contributed by atoms with van der Waals surface area (Å²) < 4.78 is 0. The number of nitrogens with zero attached hydrogens (tertiary/aromatic N) is 4. The summed E-state index contributed by atoms with van der Waals surface area (Å²) in [6.07, 6.45) is 9.77. The summed E-state index contributed by atoms with van der Waals surface area (Å²) in [7, 11) is 0. The van der Waals surface area contributed by atoms with Gasteiger partial charge in [0.05, 0.1) is 26.2 Å². The van der Waals surface area contributed by atoms with Gasteiger partial charge in [0, 0.05) is 0 Å². The fraction of sp³-hybridized carbons (Fsp3) is 0.818. The van der Waals surface area contributed by atoms with Crippen LogP contribution in [0.5, 0.6) is 0 Å². The predicted octanol–water partition coefficient (Wildman–Crippen LogP) is 4.20. The Morgan fingerprint density at radius 2 is 1.17 bits per heavy atom. The molecule has 8 heteroatoms. The molecular formula is C22H36N4O4. The van der Waals surface area contributed by atoms with Crippen molar-refractivity contribution in [2.45, 2.75) is 67.2 Å². The molecule has 0 N–H and O–H groups in total. The van der Waals surface area contributed by atoms with Gasteiger partial charge in [-0.1, -0.05) is 41.5 Å². The maximum atomic E-state index is 10.00. The summed E-state index contributed by atoms with van der Waals surface area (Å²) in [5.41, 5.74) is 0.111. The average molecular weight is 421 g/mol. The van der Waals surface area contributed by atoms with E-state index in [-0.39, 0.29) is 10.8 Å². The summed E-state index contributed by atoms with van der Waals surface area (Å²) in [6.45, 7) is 14.6. The Bertz CT molecular complexity index is 665. The molecule has 0 heterocycles. The Morgan fingerprint density at radius 3 is 1.70 bits per heavy atom. The van der Waals surface area contributed by atoms with Crippen LogP contribution in [0.2, 0.25) is 0 Å². The van der Waals surface area contributed by atoms with E-state index in [4.69, 9.17) is 0 Å². The lowest BCUT2D eigenvalue weighted by atomic mass is 9.80. The van der Waals surface area contributed by atoms with Crippen molar-refractivity contribution in [1.82, 2.24) is 0 Å². The van der Waals surface area contributed by atoms with E-state index in [0.29, 0.717) is 38.0 Å². The van der Waals surface area contributed by atoms with Gasteiger partial charge in [0.25, 0.3) is 0 Å². The molecule has 0 bridgehead atoms. The zero-order valence-corrected chi connectivity index (χ0v) is 19.2. The minimum atomic E-state index is 0.00171. The smallest absolute Gasteiger partial charge is 0.211 e. The number of carbonyl (C=O) groups excluding carboxylic acids is 4. The van der Waals surface area contributed by atoms with E-state index in [9.17, 15) is 19.2 Å².